The minimum atomic E-state index is -1.87. The van der Waals surface area contributed by atoms with Crippen LogP contribution in [-0.2, 0) is 0 Å². The van der Waals surface area contributed by atoms with Crippen molar-refractivity contribution in [2.24, 2.45) is 0 Å². The number of nitrogens with zero attached hydrogens (tertiary/aromatic N) is 3. The van der Waals surface area contributed by atoms with Gasteiger partial charge in [0, 0.05) is 36.9 Å². The number of fused-ring (bicyclic) bond motifs is 7. The third-order valence-corrected chi connectivity index (χ3v) is 15.0. The molecule has 0 amide bonds. The summed E-state index contributed by atoms with van der Waals surface area (Å²) in [5, 5.41) is 7.93. The van der Waals surface area contributed by atoms with Crippen LogP contribution in [0.25, 0.3) is 87.4 Å². The molecule has 0 atom stereocenters. The average molecular weight is 674 g/mol. The molecule has 1 aliphatic heterocycles. The highest BCUT2D eigenvalue weighted by molar-refractivity contribution is 7.25. The van der Waals surface area contributed by atoms with Crippen molar-refractivity contribution >= 4 is 60.7 Å². The van der Waals surface area contributed by atoms with Crippen LogP contribution in [0, 0.1) is 0 Å². The highest BCUT2D eigenvalue weighted by Crippen LogP contribution is 2.39. The molecule has 5 heteroatoms. The van der Waals surface area contributed by atoms with E-state index in [1.807, 2.05) is 11.3 Å². The van der Waals surface area contributed by atoms with Crippen LogP contribution in [0.15, 0.2) is 152 Å². The Morgan fingerprint density at radius 3 is 1.92 bits per heavy atom. The lowest BCUT2D eigenvalue weighted by atomic mass is 9.99. The Hall–Kier alpha value is -5.75. The molecule has 50 heavy (non-hydrogen) atoms. The minimum absolute atomic E-state index is 0.673. The molecule has 0 bridgehead atoms. The first-order valence-electron chi connectivity index (χ1n) is 17.0. The number of hydrogen-bond donors (Lipinski definition) is 0. The molecule has 236 valence electrons. The van der Waals surface area contributed by atoms with Gasteiger partial charge < -0.3 is 0 Å². The molecule has 0 aliphatic carbocycles. The van der Waals surface area contributed by atoms with E-state index >= 15 is 0 Å². The van der Waals surface area contributed by atoms with E-state index in [0.717, 1.165) is 22.3 Å². The molecule has 3 heterocycles. The summed E-state index contributed by atoms with van der Waals surface area (Å²) in [5.41, 5.74) is 7.95. The Kier molecular flexibility index (Phi) is 6.50. The fourth-order valence-electron chi connectivity index (χ4n) is 7.74. The van der Waals surface area contributed by atoms with Crippen LogP contribution < -0.4 is 10.4 Å². The van der Waals surface area contributed by atoms with Gasteiger partial charge in [0.2, 0.25) is 0 Å². The zero-order valence-corrected chi connectivity index (χ0v) is 29.5. The largest absolute Gasteiger partial charge is 0.208 e. The van der Waals surface area contributed by atoms with E-state index in [1.54, 1.807) is 0 Å². The molecule has 0 fully saturated rings. The van der Waals surface area contributed by atoms with Gasteiger partial charge in [-0.05, 0) is 61.6 Å². The fraction of sp³-hybridized carbons (Fsp3) is 0.0444. The van der Waals surface area contributed by atoms with E-state index in [9.17, 15) is 0 Å². The van der Waals surface area contributed by atoms with E-state index in [-0.39, 0.29) is 0 Å². The predicted octanol–water partition coefficient (Wildman–Crippen LogP) is 10.9. The van der Waals surface area contributed by atoms with Gasteiger partial charge in [-0.3, -0.25) is 0 Å². The van der Waals surface area contributed by atoms with Crippen molar-refractivity contribution in [3.63, 3.8) is 0 Å². The molecular formula is C45H31N3SSi. The second kappa shape index (κ2) is 11.1. The lowest BCUT2D eigenvalue weighted by molar-refractivity contribution is 1.08. The highest BCUT2D eigenvalue weighted by Gasteiger charge is 2.38. The molecule has 9 aromatic rings. The molecule has 3 nitrogen and oxygen atoms in total. The highest BCUT2D eigenvalue weighted by atomic mass is 32.1. The van der Waals surface area contributed by atoms with Crippen molar-refractivity contribution in [1.29, 1.82) is 0 Å². The van der Waals surface area contributed by atoms with Crippen LogP contribution in [0.1, 0.15) is 0 Å². The van der Waals surface area contributed by atoms with Crippen LogP contribution in [-0.4, -0.2) is 23.0 Å². The molecule has 2 aromatic heterocycles. The molecular weight excluding hydrogens is 643 g/mol. The number of benzene rings is 7. The normalized spacial score (nSPS) is 13.2. The summed E-state index contributed by atoms with van der Waals surface area (Å²) in [6, 6.07) is 54.6. The molecule has 10 rings (SSSR count). The van der Waals surface area contributed by atoms with E-state index in [0.29, 0.717) is 17.5 Å². The SMILES string of the molecule is C[Si]1(C)c2ccccc2-c2c(-c3nc(-c4ccc(-c5ccc6ccccc6c5)cc4)nc(-c4ccc5c(c4)sc4ccccc45)n3)cccc21. The van der Waals surface area contributed by atoms with Gasteiger partial charge >= 0.3 is 0 Å². The zero-order valence-electron chi connectivity index (χ0n) is 27.7. The van der Waals surface area contributed by atoms with Crippen LogP contribution in [0.2, 0.25) is 13.1 Å². The maximum absolute atomic E-state index is 5.25. The van der Waals surface area contributed by atoms with E-state index in [4.69, 9.17) is 15.0 Å². The summed E-state index contributed by atoms with van der Waals surface area (Å²) in [7, 11) is -1.87. The fourth-order valence-corrected chi connectivity index (χ4v) is 12.0. The standard InChI is InChI=1S/C45H31N3SSi/c1-50(2)40-16-8-6-13-36(40)42-37(14-9-17-41(42)50)45-47-43(30-21-18-29(19-22-30)32-23-20-28-10-3-4-11-31(28)26-32)46-44(48-45)33-24-25-35-34-12-5-7-15-38(34)49-39(35)27-33/h3-27H,1-2H3. The average Bonchev–Trinajstić information content (AvgIpc) is 3.66. The first-order valence-corrected chi connectivity index (χ1v) is 20.8. The maximum Gasteiger partial charge on any atom is 0.164 e. The quantitative estimate of drug-likeness (QED) is 0.175. The summed E-state index contributed by atoms with van der Waals surface area (Å²) in [5.74, 6) is 2.06. The third-order valence-electron chi connectivity index (χ3n) is 10.3. The summed E-state index contributed by atoms with van der Waals surface area (Å²) < 4.78 is 2.52. The van der Waals surface area contributed by atoms with Crippen LogP contribution in [0.4, 0.5) is 0 Å². The third kappa shape index (κ3) is 4.58. The lowest BCUT2D eigenvalue weighted by Gasteiger charge is -2.18. The molecule has 0 N–H and O–H groups in total. The van der Waals surface area contributed by atoms with Crippen LogP contribution >= 0.6 is 11.3 Å². The number of aromatic nitrogens is 3. The minimum Gasteiger partial charge on any atom is -0.208 e. The number of hydrogen-bond acceptors (Lipinski definition) is 4. The van der Waals surface area contributed by atoms with E-state index in [1.165, 1.54) is 58.0 Å². The molecule has 0 unspecified atom stereocenters. The first-order chi connectivity index (χ1) is 24.5. The Morgan fingerprint density at radius 2 is 1.04 bits per heavy atom. The number of rotatable bonds is 4. The van der Waals surface area contributed by atoms with Gasteiger partial charge in [0.15, 0.2) is 17.5 Å². The van der Waals surface area contributed by atoms with Gasteiger partial charge in [0.1, 0.15) is 8.07 Å². The van der Waals surface area contributed by atoms with Crippen LogP contribution in [0.5, 0.6) is 0 Å². The van der Waals surface area contributed by atoms with Crippen molar-refractivity contribution in [1.82, 2.24) is 15.0 Å². The van der Waals surface area contributed by atoms with Gasteiger partial charge in [-0.1, -0.05) is 147 Å². The van der Waals surface area contributed by atoms with Gasteiger partial charge in [-0.15, -0.1) is 11.3 Å². The summed E-state index contributed by atoms with van der Waals surface area (Å²) in [4.78, 5) is 15.6. The summed E-state index contributed by atoms with van der Waals surface area (Å²) in [6.45, 7) is 4.89. The van der Waals surface area contributed by atoms with Crippen molar-refractivity contribution in [3.8, 4) is 56.4 Å². The molecule has 0 radical (unpaired) electrons. The molecule has 0 spiro atoms. The Morgan fingerprint density at radius 1 is 0.420 bits per heavy atom. The smallest absolute Gasteiger partial charge is 0.164 e. The second-order valence-corrected chi connectivity index (χ2v) is 19.1. The van der Waals surface area contributed by atoms with E-state index < -0.39 is 8.07 Å². The maximum atomic E-state index is 5.25. The van der Waals surface area contributed by atoms with Crippen molar-refractivity contribution < 1.29 is 0 Å². The summed E-state index contributed by atoms with van der Waals surface area (Å²) in [6.07, 6.45) is 0. The zero-order chi connectivity index (χ0) is 33.4. The topological polar surface area (TPSA) is 38.7 Å². The number of thiophene rings is 1. The second-order valence-electron chi connectivity index (χ2n) is 13.7. The van der Waals surface area contributed by atoms with E-state index in [2.05, 4.69) is 165 Å². The lowest BCUT2D eigenvalue weighted by Crippen LogP contribution is -2.49. The molecule has 1 aliphatic rings. The first kappa shape index (κ1) is 29.2. The van der Waals surface area contributed by atoms with Gasteiger partial charge in [-0.2, -0.15) is 0 Å². The molecule has 7 aromatic carbocycles. The molecule has 0 saturated carbocycles. The summed E-state index contributed by atoms with van der Waals surface area (Å²) >= 11 is 1.81. The Balaban J connectivity index is 1.15. The van der Waals surface area contributed by atoms with Crippen molar-refractivity contribution in [2.75, 3.05) is 0 Å². The van der Waals surface area contributed by atoms with Crippen molar-refractivity contribution in [3.05, 3.63) is 152 Å². The van der Waals surface area contributed by atoms with Crippen LogP contribution in [0.3, 0.4) is 0 Å². The Labute approximate surface area is 295 Å². The van der Waals surface area contributed by atoms with Gasteiger partial charge in [0.25, 0.3) is 0 Å². The van der Waals surface area contributed by atoms with Gasteiger partial charge in [0.05, 0.1) is 0 Å². The predicted molar refractivity (Wildman–Crippen MR) is 214 cm³/mol. The van der Waals surface area contributed by atoms with Crippen molar-refractivity contribution in [2.45, 2.75) is 13.1 Å². The Bertz CT molecular complexity index is 2800. The monoisotopic (exact) mass is 673 g/mol. The molecule has 0 saturated heterocycles. The van der Waals surface area contributed by atoms with Gasteiger partial charge in [-0.25, -0.2) is 15.0 Å².